The molecule has 1 heterocycles. The Labute approximate surface area is 63.4 Å². The molecule has 0 aromatic carbocycles. The fraction of sp³-hybridized carbons (Fsp3) is 0. The maximum atomic E-state index is 8.53. The molecule has 0 spiro atoms. The molecule has 3 heteroatoms. The van der Waals surface area contributed by atoms with Crippen molar-refractivity contribution in [3.8, 4) is 10.8 Å². The fourth-order valence-electron chi connectivity index (χ4n) is 0.295. The van der Waals surface area contributed by atoms with Crippen molar-refractivity contribution < 1.29 is 10.2 Å². The van der Waals surface area contributed by atoms with Gasteiger partial charge in [0.2, 0.25) is 5.06 Å². The summed E-state index contributed by atoms with van der Waals surface area (Å²) in [6, 6.07) is 1.44. The minimum atomic E-state index is -0.0370. The van der Waals surface area contributed by atoms with Gasteiger partial charge in [0.15, 0.2) is 5.75 Å². The summed E-state index contributed by atoms with van der Waals surface area (Å²) in [7, 11) is 0. The van der Waals surface area contributed by atoms with E-state index in [0.29, 0.717) is 0 Å². The zero-order chi connectivity index (χ0) is 7.98. The minimum Gasteiger partial charge on any atom is -0.504 e. The first-order valence-electron chi connectivity index (χ1n) is 2.47. The van der Waals surface area contributed by atoms with E-state index in [1.54, 1.807) is 5.38 Å². The molecule has 0 aliphatic carbocycles. The van der Waals surface area contributed by atoms with Crippen LogP contribution in [0.3, 0.4) is 0 Å². The summed E-state index contributed by atoms with van der Waals surface area (Å²) in [5.74, 6) is -0.0370. The van der Waals surface area contributed by atoms with Crippen LogP contribution in [0.2, 0.25) is 0 Å². The number of hydrogen-bond donors (Lipinski definition) is 2. The summed E-state index contributed by atoms with van der Waals surface area (Å²) in [6.07, 6.45) is 0. The molecule has 0 saturated heterocycles. The van der Waals surface area contributed by atoms with Crippen LogP contribution >= 0.6 is 11.3 Å². The molecular weight excluding hydrogens is 148 g/mol. The van der Waals surface area contributed by atoms with E-state index in [-0.39, 0.29) is 10.8 Å². The van der Waals surface area contributed by atoms with Crippen molar-refractivity contribution in [3.05, 3.63) is 30.3 Å². The van der Waals surface area contributed by atoms with Gasteiger partial charge in [0.25, 0.3) is 0 Å². The lowest BCUT2D eigenvalue weighted by Gasteiger charge is -1.79. The zero-order valence-electron chi connectivity index (χ0n) is 5.37. The van der Waals surface area contributed by atoms with Gasteiger partial charge >= 0.3 is 0 Å². The van der Waals surface area contributed by atoms with Gasteiger partial charge in [0.1, 0.15) is 0 Å². The van der Waals surface area contributed by atoms with Crippen LogP contribution in [0.4, 0.5) is 0 Å². The van der Waals surface area contributed by atoms with Crippen molar-refractivity contribution in [1.29, 1.82) is 0 Å². The molecule has 0 aliphatic heterocycles. The third-order valence-electron chi connectivity index (χ3n) is 0.625. The fourth-order valence-corrected chi connectivity index (χ4v) is 0.809. The maximum Gasteiger partial charge on any atom is 0.214 e. The normalized spacial score (nSPS) is 7.20. The first-order valence-corrected chi connectivity index (χ1v) is 3.35. The van der Waals surface area contributed by atoms with Gasteiger partial charge in [-0.3, -0.25) is 0 Å². The van der Waals surface area contributed by atoms with Crippen molar-refractivity contribution in [1.82, 2.24) is 0 Å². The van der Waals surface area contributed by atoms with E-state index in [9.17, 15) is 0 Å². The monoisotopic (exact) mass is 156 g/mol. The molecule has 1 aromatic heterocycles. The Morgan fingerprint density at radius 2 is 1.90 bits per heavy atom. The van der Waals surface area contributed by atoms with Crippen LogP contribution < -0.4 is 0 Å². The Morgan fingerprint density at radius 3 is 2.00 bits per heavy atom. The van der Waals surface area contributed by atoms with E-state index in [4.69, 9.17) is 10.2 Å². The van der Waals surface area contributed by atoms with Gasteiger partial charge in [-0.2, -0.15) is 0 Å². The average Bonchev–Trinajstić information content (AvgIpc) is 2.19. The Morgan fingerprint density at radius 1 is 1.40 bits per heavy atom. The molecule has 0 unspecified atom stereocenters. The average molecular weight is 156 g/mol. The highest BCUT2D eigenvalue weighted by Crippen LogP contribution is 2.29. The first kappa shape index (κ1) is 8.82. The molecule has 0 aliphatic rings. The topological polar surface area (TPSA) is 40.5 Å². The van der Waals surface area contributed by atoms with E-state index >= 15 is 0 Å². The standard InChI is InChI=1S/C4H4O2S.C3H4/c5-3-1-2-7-4(3)6;1-3-2/h1-2,5-6H;1-2H2. The molecule has 1 aromatic rings. The van der Waals surface area contributed by atoms with Crippen molar-refractivity contribution >= 4 is 11.3 Å². The smallest absolute Gasteiger partial charge is 0.214 e. The van der Waals surface area contributed by atoms with Crippen molar-refractivity contribution in [2.75, 3.05) is 0 Å². The van der Waals surface area contributed by atoms with Crippen LogP contribution in [0.25, 0.3) is 0 Å². The maximum absolute atomic E-state index is 8.53. The van der Waals surface area contributed by atoms with Crippen LogP contribution in [-0.2, 0) is 0 Å². The van der Waals surface area contributed by atoms with Gasteiger partial charge in [-0.15, -0.1) is 17.1 Å². The predicted molar refractivity (Wildman–Crippen MR) is 42.4 cm³/mol. The molecule has 0 fully saturated rings. The second kappa shape index (κ2) is 4.68. The lowest BCUT2D eigenvalue weighted by Crippen LogP contribution is -1.48. The molecule has 2 N–H and O–H groups in total. The lowest BCUT2D eigenvalue weighted by atomic mass is 10.6. The van der Waals surface area contributed by atoms with Gasteiger partial charge in [0.05, 0.1) is 0 Å². The third-order valence-corrected chi connectivity index (χ3v) is 1.33. The highest BCUT2D eigenvalue weighted by atomic mass is 32.1. The molecule has 54 valence electrons. The summed E-state index contributed by atoms with van der Waals surface area (Å²) >= 11 is 1.11. The molecule has 2 nitrogen and oxygen atoms in total. The summed E-state index contributed by atoms with van der Waals surface area (Å²) < 4.78 is 0. The summed E-state index contributed by atoms with van der Waals surface area (Å²) in [4.78, 5) is 0. The molecule has 10 heavy (non-hydrogen) atoms. The Hall–Kier alpha value is -1.18. The van der Waals surface area contributed by atoms with Crippen LogP contribution in [0, 0.1) is 0 Å². The van der Waals surface area contributed by atoms with E-state index in [1.165, 1.54) is 6.07 Å². The van der Waals surface area contributed by atoms with Crippen LogP contribution in [0.15, 0.2) is 30.3 Å². The predicted octanol–water partition coefficient (Wildman–Crippen LogP) is 2.12. The van der Waals surface area contributed by atoms with Gasteiger partial charge < -0.3 is 10.2 Å². The van der Waals surface area contributed by atoms with Gasteiger partial charge in [-0.25, -0.2) is 0 Å². The number of hydrogen-bond acceptors (Lipinski definition) is 3. The van der Waals surface area contributed by atoms with Crippen molar-refractivity contribution in [2.45, 2.75) is 0 Å². The van der Waals surface area contributed by atoms with E-state index in [0.717, 1.165) is 11.3 Å². The number of thiophene rings is 1. The minimum absolute atomic E-state index is 0.0139. The molecule has 1 rings (SSSR count). The first-order chi connectivity index (χ1) is 4.72. The number of aromatic hydroxyl groups is 2. The summed E-state index contributed by atoms with van der Waals surface area (Å²) in [6.45, 7) is 6.25. The largest absolute Gasteiger partial charge is 0.504 e. The lowest BCUT2D eigenvalue weighted by molar-refractivity contribution is 0.415. The molecule has 0 bridgehead atoms. The quantitative estimate of drug-likeness (QED) is 0.565. The van der Waals surface area contributed by atoms with E-state index < -0.39 is 0 Å². The van der Waals surface area contributed by atoms with Crippen LogP contribution in [0.1, 0.15) is 0 Å². The highest BCUT2D eigenvalue weighted by Gasteiger charge is 1.94. The highest BCUT2D eigenvalue weighted by molar-refractivity contribution is 7.12. The van der Waals surface area contributed by atoms with Crippen molar-refractivity contribution in [3.63, 3.8) is 0 Å². The van der Waals surface area contributed by atoms with E-state index in [2.05, 4.69) is 18.9 Å². The van der Waals surface area contributed by atoms with Crippen LogP contribution in [-0.4, -0.2) is 10.2 Å². The molecule has 0 amide bonds. The second-order valence-corrected chi connectivity index (χ2v) is 2.26. The molecule has 0 radical (unpaired) electrons. The SMILES string of the molecule is C=C=C.Oc1ccsc1O. The summed E-state index contributed by atoms with van der Waals surface area (Å²) in [5.41, 5.74) is 2.25. The van der Waals surface area contributed by atoms with Gasteiger partial charge in [-0.1, -0.05) is 13.2 Å². The van der Waals surface area contributed by atoms with Crippen molar-refractivity contribution in [2.24, 2.45) is 0 Å². The number of rotatable bonds is 0. The molecular formula is C7H8O2S. The van der Waals surface area contributed by atoms with Gasteiger partial charge in [0, 0.05) is 0 Å². The summed E-state index contributed by atoms with van der Waals surface area (Å²) in [5, 5.41) is 18.6. The Balaban J connectivity index is 0.000000236. The van der Waals surface area contributed by atoms with Gasteiger partial charge in [-0.05, 0) is 11.4 Å². The molecule has 0 atom stereocenters. The van der Waals surface area contributed by atoms with E-state index in [1.807, 2.05) is 0 Å². The Kier molecular flexibility index (Phi) is 4.12. The third kappa shape index (κ3) is 2.97. The molecule has 0 saturated carbocycles. The Bertz CT molecular complexity index is 205. The second-order valence-electron chi connectivity index (χ2n) is 1.36. The zero-order valence-corrected chi connectivity index (χ0v) is 6.19. The van der Waals surface area contributed by atoms with Crippen LogP contribution in [0.5, 0.6) is 10.8 Å².